The Morgan fingerprint density at radius 1 is 1.14 bits per heavy atom. The van der Waals surface area contributed by atoms with Crippen molar-refractivity contribution >= 4 is 23.4 Å². The summed E-state index contributed by atoms with van der Waals surface area (Å²) in [5.41, 5.74) is 1.49. The molecule has 1 fully saturated rings. The summed E-state index contributed by atoms with van der Waals surface area (Å²) in [5.74, 6) is -1.58. The molecule has 0 unspecified atom stereocenters. The van der Waals surface area contributed by atoms with Crippen LogP contribution >= 0.6 is 0 Å². The zero-order valence-corrected chi connectivity index (χ0v) is 16.0. The topological polar surface area (TPSA) is 98.0 Å². The van der Waals surface area contributed by atoms with Gasteiger partial charge in [-0.2, -0.15) is 0 Å². The number of hydrogen-bond acceptors (Lipinski definition) is 6. The van der Waals surface area contributed by atoms with E-state index < -0.39 is 5.97 Å². The van der Waals surface area contributed by atoms with Crippen LogP contribution < -0.4 is 5.56 Å². The molecule has 2 atom stereocenters. The molecule has 1 aliphatic heterocycles. The number of pyridine rings is 1. The minimum absolute atomic E-state index is 0.0105. The predicted molar refractivity (Wildman–Crippen MR) is 103 cm³/mol. The first-order valence-corrected chi connectivity index (χ1v) is 9.59. The average molecular weight is 395 g/mol. The molecule has 2 aliphatic rings. The third kappa shape index (κ3) is 3.70. The van der Waals surface area contributed by atoms with Gasteiger partial charge in [-0.3, -0.25) is 28.5 Å². The van der Waals surface area contributed by atoms with Crippen molar-refractivity contribution in [3.05, 3.63) is 58.2 Å². The van der Waals surface area contributed by atoms with Crippen LogP contribution in [0.15, 0.2) is 41.3 Å². The molecule has 4 rings (SSSR count). The van der Waals surface area contributed by atoms with Gasteiger partial charge in [-0.15, -0.1) is 0 Å². The first-order chi connectivity index (χ1) is 13.9. The molecule has 1 saturated heterocycles. The average Bonchev–Trinajstić information content (AvgIpc) is 2.96. The summed E-state index contributed by atoms with van der Waals surface area (Å²) < 4.78 is 6.62. The molecule has 0 N–H and O–H groups in total. The lowest BCUT2D eigenvalue weighted by Gasteiger charge is -2.14. The highest BCUT2D eigenvalue weighted by atomic mass is 16.5. The van der Waals surface area contributed by atoms with E-state index in [1.54, 1.807) is 12.3 Å². The summed E-state index contributed by atoms with van der Waals surface area (Å²) >= 11 is 0. The van der Waals surface area contributed by atoms with Crippen LogP contribution in [0, 0.1) is 18.8 Å². The number of carbonyl (C=O) groups is 3. The number of ether oxygens (including phenoxy) is 1. The molecule has 29 heavy (non-hydrogen) atoms. The molecule has 0 aromatic carbocycles. The SMILES string of the molecule is Cc1ccc2nc(COC(=O)CCN3C(=O)[C@@H]4CC=CC[C@H]4C3=O)cc(=O)n2c1. The summed E-state index contributed by atoms with van der Waals surface area (Å²) in [6, 6.07) is 4.89. The highest BCUT2D eigenvalue weighted by Gasteiger charge is 2.46. The minimum Gasteiger partial charge on any atom is -0.459 e. The fourth-order valence-electron chi connectivity index (χ4n) is 3.85. The van der Waals surface area contributed by atoms with Gasteiger partial charge >= 0.3 is 5.97 Å². The van der Waals surface area contributed by atoms with Crippen molar-refractivity contribution in [3.63, 3.8) is 0 Å². The van der Waals surface area contributed by atoms with Crippen molar-refractivity contribution in [1.29, 1.82) is 0 Å². The number of amides is 2. The van der Waals surface area contributed by atoms with E-state index in [4.69, 9.17) is 4.74 Å². The molecule has 2 aromatic rings. The molecule has 0 radical (unpaired) electrons. The van der Waals surface area contributed by atoms with Gasteiger partial charge in [0.1, 0.15) is 12.3 Å². The second-order valence-corrected chi connectivity index (χ2v) is 7.41. The standard InChI is InChI=1S/C21H21N3O5/c1-13-6-7-17-22-14(10-18(25)24(17)11-13)12-29-19(26)8-9-23-20(27)15-4-2-3-5-16(15)21(23)28/h2-3,6-7,10-11,15-16H,4-5,8-9,12H2,1H3/t15-,16-/m1/s1. The second kappa shape index (κ2) is 7.62. The van der Waals surface area contributed by atoms with Gasteiger partial charge in [0.15, 0.2) is 0 Å². The van der Waals surface area contributed by atoms with Gasteiger partial charge in [0.05, 0.1) is 24.0 Å². The molecule has 0 spiro atoms. The lowest BCUT2D eigenvalue weighted by atomic mass is 9.85. The molecular weight excluding hydrogens is 374 g/mol. The Bertz CT molecular complexity index is 1060. The van der Waals surface area contributed by atoms with Crippen LogP contribution in [-0.4, -0.2) is 38.6 Å². The number of aromatic nitrogens is 2. The zero-order valence-electron chi connectivity index (χ0n) is 16.0. The Kier molecular flexibility index (Phi) is 5.00. The third-order valence-electron chi connectivity index (χ3n) is 5.38. The quantitative estimate of drug-likeness (QED) is 0.431. The number of carbonyl (C=O) groups excluding carboxylic acids is 3. The summed E-state index contributed by atoms with van der Waals surface area (Å²) in [6.45, 7) is 1.74. The number of likely N-dealkylation sites (tertiary alicyclic amines) is 1. The van der Waals surface area contributed by atoms with Crippen LogP contribution in [0.25, 0.3) is 5.65 Å². The third-order valence-corrected chi connectivity index (χ3v) is 5.38. The van der Waals surface area contributed by atoms with Crippen LogP contribution in [0.4, 0.5) is 0 Å². The van der Waals surface area contributed by atoms with Gasteiger partial charge in [-0.25, -0.2) is 4.98 Å². The smallest absolute Gasteiger partial charge is 0.307 e. The van der Waals surface area contributed by atoms with Crippen LogP contribution in [0.1, 0.15) is 30.5 Å². The van der Waals surface area contributed by atoms with E-state index in [-0.39, 0.29) is 48.8 Å². The fourth-order valence-corrected chi connectivity index (χ4v) is 3.85. The van der Waals surface area contributed by atoms with Crippen molar-refractivity contribution in [2.75, 3.05) is 6.54 Å². The summed E-state index contributed by atoms with van der Waals surface area (Å²) in [6.07, 6.45) is 6.58. The maximum atomic E-state index is 12.4. The first-order valence-electron chi connectivity index (χ1n) is 9.59. The normalized spacial score (nSPS) is 20.9. The number of nitrogens with zero attached hydrogens (tertiary/aromatic N) is 3. The van der Waals surface area contributed by atoms with E-state index in [2.05, 4.69) is 4.98 Å². The van der Waals surface area contributed by atoms with Crippen LogP contribution in [0.5, 0.6) is 0 Å². The summed E-state index contributed by atoms with van der Waals surface area (Å²) in [5, 5.41) is 0. The predicted octanol–water partition coefficient (Wildman–Crippen LogP) is 1.39. The molecule has 2 amide bonds. The number of esters is 1. The molecule has 8 nitrogen and oxygen atoms in total. The Morgan fingerprint density at radius 3 is 2.52 bits per heavy atom. The Balaban J connectivity index is 1.34. The van der Waals surface area contributed by atoms with Crippen molar-refractivity contribution in [1.82, 2.24) is 14.3 Å². The molecule has 1 aliphatic carbocycles. The Morgan fingerprint density at radius 2 is 1.83 bits per heavy atom. The minimum atomic E-state index is -0.551. The van der Waals surface area contributed by atoms with Gasteiger partial charge in [-0.1, -0.05) is 18.2 Å². The molecule has 3 heterocycles. The Hall–Kier alpha value is -3.29. The van der Waals surface area contributed by atoms with E-state index in [0.717, 1.165) is 5.56 Å². The van der Waals surface area contributed by atoms with Gasteiger partial charge in [0.25, 0.3) is 5.56 Å². The fraction of sp³-hybridized carbons (Fsp3) is 0.381. The lowest BCUT2D eigenvalue weighted by Crippen LogP contribution is -2.33. The number of rotatable bonds is 5. The largest absolute Gasteiger partial charge is 0.459 e. The maximum Gasteiger partial charge on any atom is 0.307 e. The van der Waals surface area contributed by atoms with E-state index in [0.29, 0.717) is 24.2 Å². The molecule has 8 heteroatoms. The number of imide groups is 1. The van der Waals surface area contributed by atoms with Gasteiger partial charge in [0.2, 0.25) is 11.8 Å². The second-order valence-electron chi connectivity index (χ2n) is 7.41. The zero-order chi connectivity index (χ0) is 20.5. The molecule has 150 valence electrons. The molecular formula is C21H21N3O5. The van der Waals surface area contributed by atoms with Crippen molar-refractivity contribution in [2.45, 2.75) is 32.8 Å². The number of hydrogen-bond donors (Lipinski definition) is 0. The van der Waals surface area contributed by atoms with E-state index in [1.807, 2.05) is 25.1 Å². The van der Waals surface area contributed by atoms with Crippen LogP contribution in [-0.2, 0) is 25.7 Å². The van der Waals surface area contributed by atoms with Crippen molar-refractivity contribution in [2.24, 2.45) is 11.8 Å². The van der Waals surface area contributed by atoms with Crippen LogP contribution in [0.2, 0.25) is 0 Å². The Labute approximate surface area is 166 Å². The van der Waals surface area contributed by atoms with Gasteiger partial charge < -0.3 is 4.74 Å². The highest BCUT2D eigenvalue weighted by molar-refractivity contribution is 6.05. The van der Waals surface area contributed by atoms with E-state index in [1.165, 1.54) is 15.4 Å². The molecule has 0 saturated carbocycles. The van der Waals surface area contributed by atoms with E-state index >= 15 is 0 Å². The maximum absolute atomic E-state index is 12.4. The highest BCUT2D eigenvalue weighted by Crippen LogP contribution is 2.35. The monoisotopic (exact) mass is 395 g/mol. The number of aryl methyl sites for hydroxylation is 1. The van der Waals surface area contributed by atoms with Gasteiger partial charge in [-0.05, 0) is 31.4 Å². The van der Waals surface area contributed by atoms with Crippen molar-refractivity contribution in [3.8, 4) is 0 Å². The van der Waals surface area contributed by atoms with Gasteiger partial charge in [0, 0.05) is 18.8 Å². The summed E-state index contributed by atoms with van der Waals surface area (Å²) in [4.78, 5) is 54.6. The lowest BCUT2D eigenvalue weighted by molar-refractivity contribution is -0.146. The van der Waals surface area contributed by atoms with Crippen LogP contribution in [0.3, 0.4) is 0 Å². The molecule has 2 aromatic heterocycles. The first kappa shape index (κ1) is 19.0. The molecule has 0 bridgehead atoms. The number of allylic oxidation sites excluding steroid dienone is 2. The summed E-state index contributed by atoms with van der Waals surface area (Å²) in [7, 11) is 0. The van der Waals surface area contributed by atoms with Crippen molar-refractivity contribution < 1.29 is 19.1 Å². The van der Waals surface area contributed by atoms with E-state index in [9.17, 15) is 19.2 Å². The number of fused-ring (bicyclic) bond motifs is 2.